The van der Waals surface area contributed by atoms with Crippen molar-refractivity contribution in [2.24, 2.45) is 0 Å². The van der Waals surface area contributed by atoms with Gasteiger partial charge in [-0.1, -0.05) is 0 Å². The Bertz CT molecular complexity index is 566. The summed E-state index contributed by atoms with van der Waals surface area (Å²) in [6.07, 6.45) is 2.48. The smallest absolute Gasteiger partial charge is 0.239 e. The highest BCUT2D eigenvalue weighted by atomic mass is 32.1. The fraction of sp³-hybridized carbons (Fsp3) is 0.706. The van der Waals surface area contributed by atoms with Gasteiger partial charge in [-0.05, 0) is 44.7 Å². The Morgan fingerprint density at radius 1 is 1.22 bits per heavy atom. The molecule has 2 aliphatic rings. The summed E-state index contributed by atoms with van der Waals surface area (Å²) in [5, 5.41) is 4.05. The second-order valence-corrected chi connectivity index (χ2v) is 7.71. The SMILES string of the molecule is Cc1sc(NC(=O)CN2CCOC(C3CCCO3)C2)c(C)c1C. The number of carbonyl (C=O) groups is 1. The molecule has 128 valence electrons. The maximum Gasteiger partial charge on any atom is 0.239 e. The minimum Gasteiger partial charge on any atom is -0.375 e. The van der Waals surface area contributed by atoms with Gasteiger partial charge in [0.1, 0.15) is 0 Å². The van der Waals surface area contributed by atoms with Crippen LogP contribution in [-0.2, 0) is 14.3 Å². The Kier molecular flexibility index (Phi) is 5.36. The Balaban J connectivity index is 1.53. The zero-order valence-corrected chi connectivity index (χ0v) is 15.0. The molecular weight excluding hydrogens is 312 g/mol. The Morgan fingerprint density at radius 2 is 2.00 bits per heavy atom. The zero-order chi connectivity index (χ0) is 16.4. The Labute approximate surface area is 142 Å². The lowest BCUT2D eigenvalue weighted by Crippen LogP contribution is -2.49. The van der Waals surface area contributed by atoms with E-state index in [1.54, 1.807) is 11.3 Å². The second-order valence-electron chi connectivity index (χ2n) is 6.48. The zero-order valence-electron chi connectivity index (χ0n) is 14.2. The summed E-state index contributed by atoms with van der Waals surface area (Å²) in [5.74, 6) is 0.0577. The van der Waals surface area contributed by atoms with Crippen molar-refractivity contribution in [3.63, 3.8) is 0 Å². The average molecular weight is 338 g/mol. The van der Waals surface area contributed by atoms with Crippen molar-refractivity contribution >= 4 is 22.2 Å². The van der Waals surface area contributed by atoms with Gasteiger partial charge in [0.25, 0.3) is 0 Å². The van der Waals surface area contributed by atoms with Gasteiger partial charge in [0.05, 0.1) is 30.4 Å². The molecule has 2 unspecified atom stereocenters. The van der Waals surface area contributed by atoms with E-state index >= 15 is 0 Å². The molecule has 2 saturated heterocycles. The van der Waals surface area contributed by atoms with Crippen LogP contribution in [0.5, 0.6) is 0 Å². The number of ether oxygens (including phenoxy) is 2. The molecule has 1 aromatic heterocycles. The summed E-state index contributed by atoms with van der Waals surface area (Å²) in [6.45, 7) is 9.77. The number of morpholine rings is 1. The number of anilines is 1. The van der Waals surface area contributed by atoms with E-state index in [1.807, 2.05) is 0 Å². The van der Waals surface area contributed by atoms with Crippen LogP contribution in [0.1, 0.15) is 28.8 Å². The fourth-order valence-corrected chi connectivity index (χ4v) is 4.31. The summed E-state index contributed by atoms with van der Waals surface area (Å²) >= 11 is 1.66. The number of aryl methyl sites for hydroxylation is 1. The highest BCUT2D eigenvalue weighted by molar-refractivity contribution is 7.16. The molecule has 0 aromatic carbocycles. The topological polar surface area (TPSA) is 50.8 Å². The third-order valence-corrected chi connectivity index (χ3v) is 6.09. The number of nitrogens with zero attached hydrogens (tertiary/aromatic N) is 1. The van der Waals surface area contributed by atoms with Gasteiger partial charge in [-0.2, -0.15) is 0 Å². The summed E-state index contributed by atoms with van der Waals surface area (Å²) in [5.41, 5.74) is 2.45. The molecule has 2 atom stereocenters. The third-order valence-electron chi connectivity index (χ3n) is 4.86. The van der Waals surface area contributed by atoms with Crippen molar-refractivity contribution in [1.82, 2.24) is 4.90 Å². The lowest BCUT2D eigenvalue weighted by Gasteiger charge is -2.34. The number of carbonyl (C=O) groups excluding carboxylic acids is 1. The molecular formula is C17H26N2O3S. The minimum absolute atomic E-state index is 0.0577. The average Bonchev–Trinajstić information content (AvgIpc) is 3.14. The van der Waals surface area contributed by atoms with Crippen LogP contribution in [0, 0.1) is 20.8 Å². The number of thiophene rings is 1. The van der Waals surface area contributed by atoms with Crippen molar-refractivity contribution < 1.29 is 14.3 Å². The number of hydrogen-bond donors (Lipinski definition) is 1. The Hall–Kier alpha value is -0.950. The van der Waals surface area contributed by atoms with Gasteiger partial charge in [0.2, 0.25) is 5.91 Å². The van der Waals surface area contributed by atoms with Crippen LogP contribution in [0.2, 0.25) is 0 Å². The summed E-state index contributed by atoms with van der Waals surface area (Å²) in [6, 6.07) is 0. The first kappa shape index (κ1) is 16.9. The summed E-state index contributed by atoms with van der Waals surface area (Å²) in [4.78, 5) is 15.8. The van der Waals surface area contributed by atoms with Crippen molar-refractivity contribution in [2.75, 3.05) is 38.2 Å². The maximum absolute atomic E-state index is 12.4. The number of amides is 1. The van der Waals surface area contributed by atoms with Gasteiger partial charge >= 0.3 is 0 Å². The first-order valence-corrected chi connectivity index (χ1v) is 9.18. The first-order valence-electron chi connectivity index (χ1n) is 8.36. The predicted molar refractivity (Wildman–Crippen MR) is 92.3 cm³/mol. The molecule has 1 aromatic rings. The van der Waals surface area contributed by atoms with E-state index < -0.39 is 0 Å². The number of rotatable bonds is 4. The lowest BCUT2D eigenvalue weighted by atomic mass is 10.1. The van der Waals surface area contributed by atoms with Crippen LogP contribution in [0.25, 0.3) is 0 Å². The van der Waals surface area contributed by atoms with Gasteiger partial charge in [-0.3, -0.25) is 9.69 Å². The molecule has 0 radical (unpaired) electrons. The van der Waals surface area contributed by atoms with Crippen molar-refractivity contribution in [3.05, 3.63) is 16.0 Å². The van der Waals surface area contributed by atoms with Crippen LogP contribution in [0.15, 0.2) is 0 Å². The molecule has 0 spiro atoms. The number of hydrogen-bond acceptors (Lipinski definition) is 5. The van der Waals surface area contributed by atoms with E-state index in [-0.39, 0.29) is 18.1 Å². The molecule has 3 rings (SSSR count). The van der Waals surface area contributed by atoms with E-state index in [0.717, 1.165) is 37.5 Å². The lowest BCUT2D eigenvalue weighted by molar-refractivity contribution is -0.123. The standard InChI is InChI=1S/C17H26N2O3S/c1-11-12(2)17(23-13(11)3)18-16(20)10-19-6-8-22-15(9-19)14-5-4-7-21-14/h14-15H,4-10H2,1-3H3,(H,18,20). The molecule has 0 bridgehead atoms. The molecule has 23 heavy (non-hydrogen) atoms. The first-order chi connectivity index (χ1) is 11.0. The molecule has 0 saturated carbocycles. The van der Waals surface area contributed by atoms with Gasteiger partial charge in [0.15, 0.2) is 0 Å². The van der Waals surface area contributed by atoms with E-state index in [2.05, 4.69) is 31.0 Å². The molecule has 3 heterocycles. The minimum atomic E-state index is 0.0577. The molecule has 2 fully saturated rings. The normalized spacial score (nSPS) is 25.7. The predicted octanol–water partition coefficient (Wildman–Crippen LogP) is 2.49. The van der Waals surface area contributed by atoms with Crippen LogP contribution in [0.3, 0.4) is 0 Å². The van der Waals surface area contributed by atoms with Crippen LogP contribution in [-0.4, -0.2) is 55.9 Å². The van der Waals surface area contributed by atoms with Crippen LogP contribution < -0.4 is 5.32 Å². The largest absolute Gasteiger partial charge is 0.375 e. The Morgan fingerprint density at radius 3 is 2.65 bits per heavy atom. The van der Waals surface area contributed by atoms with Crippen LogP contribution >= 0.6 is 11.3 Å². The maximum atomic E-state index is 12.4. The molecule has 1 amide bonds. The van der Waals surface area contributed by atoms with Gasteiger partial charge in [-0.25, -0.2) is 0 Å². The number of nitrogens with one attached hydrogen (secondary N) is 1. The third kappa shape index (κ3) is 3.94. The van der Waals surface area contributed by atoms with E-state index in [1.165, 1.54) is 16.0 Å². The monoisotopic (exact) mass is 338 g/mol. The van der Waals surface area contributed by atoms with E-state index in [4.69, 9.17) is 9.47 Å². The van der Waals surface area contributed by atoms with Gasteiger partial charge in [0, 0.05) is 24.6 Å². The summed E-state index contributed by atoms with van der Waals surface area (Å²) in [7, 11) is 0. The van der Waals surface area contributed by atoms with Crippen molar-refractivity contribution in [2.45, 2.75) is 45.8 Å². The quantitative estimate of drug-likeness (QED) is 0.916. The van der Waals surface area contributed by atoms with Crippen molar-refractivity contribution in [1.29, 1.82) is 0 Å². The second kappa shape index (κ2) is 7.30. The molecule has 1 N–H and O–H groups in total. The summed E-state index contributed by atoms with van der Waals surface area (Å²) < 4.78 is 11.6. The molecule has 5 nitrogen and oxygen atoms in total. The van der Waals surface area contributed by atoms with Gasteiger partial charge in [-0.15, -0.1) is 11.3 Å². The van der Waals surface area contributed by atoms with E-state index in [0.29, 0.717) is 13.2 Å². The molecule has 2 aliphatic heterocycles. The highest BCUT2D eigenvalue weighted by Crippen LogP contribution is 2.31. The fourth-order valence-electron chi connectivity index (χ4n) is 3.22. The van der Waals surface area contributed by atoms with E-state index in [9.17, 15) is 4.79 Å². The van der Waals surface area contributed by atoms with Gasteiger partial charge < -0.3 is 14.8 Å². The van der Waals surface area contributed by atoms with Crippen LogP contribution in [0.4, 0.5) is 5.00 Å². The molecule has 0 aliphatic carbocycles. The van der Waals surface area contributed by atoms with Crippen molar-refractivity contribution in [3.8, 4) is 0 Å². The molecule has 6 heteroatoms. The highest BCUT2D eigenvalue weighted by Gasteiger charge is 2.31.